The zero-order valence-electron chi connectivity index (χ0n) is 53.8. The van der Waals surface area contributed by atoms with Crippen LogP contribution in [0.1, 0.15) is 202 Å². The number of hydrogen-bond donors (Lipinski definition) is 7. The number of amides is 6. The highest BCUT2D eigenvalue weighted by Crippen LogP contribution is 2.65. The van der Waals surface area contributed by atoms with Gasteiger partial charge in [0.25, 0.3) is 17.7 Å². The van der Waals surface area contributed by atoms with E-state index in [1.54, 1.807) is 4.90 Å². The smallest absolute Gasteiger partial charge is 0.364 e. The first-order valence-corrected chi connectivity index (χ1v) is 31.8. The molecule has 27 heteroatoms. The molecule has 4 heterocycles. The summed E-state index contributed by atoms with van der Waals surface area (Å²) in [4.78, 5) is 151. The Kier molecular flexibility index (Phi) is 30.6. The maximum Gasteiger partial charge on any atom is 0.364 e. The molecule has 508 valence electrons. The Balaban J connectivity index is 0.000000339. The van der Waals surface area contributed by atoms with Crippen LogP contribution in [0.4, 0.5) is 0 Å². The van der Waals surface area contributed by atoms with Gasteiger partial charge in [0.15, 0.2) is 11.7 Å². The number of nitrogens with one attached hydrogen (secondary N) is 5. The van der Waals surface area contributed by atoms with E-state index >= 15 is 0 Å². The van der Waals surface area contributed by atoms with Gasteiger partial charge in [0.05, 0.1) is 38.9 Å². The molecule has 3 aromatic rings. The van der Waals surface area contributed by atoms with E-state index in [4.69, 9.17) is 9.84 Å². The lowest BCUT2D eigenvalue weighted by atomic mass is 9.82. The van der Waals surface area contributed by atoms with Crippen molar-refractivity contribution in [2.75, 3.05) is 20.8 Å². The van der Waals surface area contributed by atoms with Crippen molar-refractivity contribution in [2.45, 2.75) is 213 Å². The number of piperidine rings is 1. The van der Waals surface area contributed by atoms with Crippen LogP contribution in [0.15, 0.2) is 55.8 Å². The number of quaternary nitrogens is 1. The zero-order valence-corrected chi connectivity index (χ0v) is 54.6. The second-order valence-corrected chi connectivity index (χ2v) is 26.0. The number of aromatic carboxylic acids is 1. The van der Waals surface area contributed by atoms with Gasteiger partial charge in [0, 0.05) is 55.7 Å². The number of fused-ring (bicyclic) bond motifs is 1. The molecule has 92 heavy (non-hydrogen) atoms. The molecule has 3 aromatic heterocycles. The summed E-state index contributed by atoms with van der Waals surface area (Å²) in [5.41, 5.74) is 3.19. The molecule has 0 unspecified atom stereocenters. The Morgan fingerprint density at radius 2 is 1.10 bits per heavy atom. The number of esters is 2. The highest BCUT2D eigenvalue weighted by molar-refractivity contribution is 6.38. The number of hydrogen-bond acceptors (Lipinski definition) is 18. The van der Waals surface area contributed by atoms with Crippen LogP contribution in [-0.2, 0) is 43.0 Å². The van der Waals surface area contributed by atoms with Gasteiger partial charge in [0.1, 0.15) is 35.6 Å². The summed E-state index contributed by atoms with van der Waals surface area (Å²) in [5.74, 6) is -4.77. The number of likely N-dealkylation sites (tertiary alicyclic amines) is 1. The average Bonchev–Trinajstić information content (AvgIpc) is 1.53. The number of carbonyl (C=O) groups is 10. The Labute approximate surface area is 546 Å². The lowest BCUT2D eigenvalue weighted by molar-refractivity contribution is -0.422. The van der Waals surface area contributed by atoms with Crippen LogP contribution in [-0.4, -0.2) is 162 Å². The third-order valence-electron chi connectivity index (χ3n) is 18.2. The highest BCUT2D eigenvalue weighted by atomic mass is 35.5. The molecule has 26 nitrogen and oxygen atoms in total. The minimum absolute atomic E-state index is 0. The van der Waals surface area contributed by atoms with Gasteiger partial charge >= 0.3 is 17.9 Å². The first kappa shape index (κ1) is 76.8. The molecule has 6 aliphatic rings. The van der Waals surface area contributed by atoms with Crippen molar-refractivity contribution in [1.29, 1.82) is 0 Å². The Morgan fingerprint density at radius 3 is 1.51 bits per heavy atom. The number of carboxylic acid groups (broad SMARTS) is 1. The summed E-state index contributed by atoms with van der Waals surface area (Å²) in [6.07, 6.45) is 30.8. The Hall–Kier alpha value is -7.61. The lowest BCUT2D eigenvalue weighted by Crippen LogP contribution is -3.00. The predicted octanol–water partition coefficient (Wildman–Crippen LogP) is 1.80. The first-order chi connectivity index (χ1) is 42.9. The van der Waals surface area contributed by atoms with E-state index in [0.717, 1.165) is 83.5 Å². The second-order valence-electron chi connectivity index (χ2n) is 26.0. The molecule has 1 saturated heterocycles. The largest absolute Gasteiger partial charge is 1.00 e. The van der Waals surface area contributed by atoms with Crippen molar-refractivity contribution >= 4 is 59.1 Å². The molecule has 0 aromatic carbocycles. The number of ketones is 1. The number of nitrogens with zero attached hydrogens (tertiary/aromatic N) is 7. The molecule has 0 bridgehead atoms. The summed E-state index contributed by atoms with van der Waals surface area (Å²) in [6.45, 7) is 11.9. The third kappa shape index (κ3) is 21.8. The van der Waals surface area contributed by atoms with Gasteiger partial charge in [-0.15, -0.1) is 0 Å². The van der Waals surface area contributed by atoms with Crippen LogP contribution in [0.3, 0.4) is 0 Å². The van der Waals surface area contributed by atoms with Gasteiger partial charge in [0.2, 0.25) is 23.5 Å². The lowest BCUT2D eigenvalue weighted by Gasteiger charge is -2.39. The van der Waals surface area contributed by atoms with Crippen LogP contribution >= 0.6 is 0 Å². The molecule has 1 aliphatic heterocycles. The normalized spacial score (nSPS) is 20.7. The van der Waals surface area contributed by atoms with E-state index in [2.05, 4.69) is 80.8 Å². The van der Waals surface area contributed by atoms with Gasteiger partial charge in [-0.3, -0.25) is 48.5 Å². The molecule has 5 aliphatic carbocycles. The van der Waals surface area contributed by atoms with Crippen molar-refractivity contribution in [2.24, 2.45) is 40.4 Å². The van der Waals surface area contributed by atoms with Gasteiger partial charge < -0.3 is 64.2 Å². The zero-order chi connectivity index (χ0) is 65.7. The monoisotopic (exact) mass is 1300 g/mol. The van der Waals surface area contributed by atoms with E-state index in [1.165, 1.54) is 95.7 Å². The quantitative estimate of drug-likeness (QED) is 0.0626. The fourth-order valence-electron chi connectivity index (χ4n) is 12.7. The maximum atomic E-state index is 14.5. The highest BCUT2D eigenvalue weighted by Gasteiger charge is 2.70. The molecule has 0 spiro atoms. The molecular weight excluding hydrogens is 1210 g/mol. The van der Waals surface area contributed by atoms with Crippen molar-refractivity contribution in [3.8, 4) is 0 Å². The summed E-state index contributed by atoms with van der Waals surface area (Å²) in [5, 5.41) is 22.5. The molecular formula is C65H98ClN13O13. The van der Waals surface area contributed by atoms with E-state index in [-0.39, 0.29) is 90.0 Å². The van der Waals surface area contributed by atoms with Crippen molar-refractivity contribution in [3.63, 3.8) is 0 Å². The fraction of sp³-hybridized carbons (Fsp3) is 0.662. The predicted molar refractivity (Wildman–Crippen MR) is 333 cm³/mol. The van der Waals surface area contributed by atoms with Gasteiger partial charge in [-0.05, 0) is 92.3 Å². The molecule has 0 radical (unpaired) electrons. The van der Waals surface area contributed by atoms with E-state index < -0.39 is 82.9 Å². The standard InChI is InChI=1S/C36H53N7O6.C14H19N3O3.C9H17NO2.C5H4N2O2.CH4.ClH/c1-7-11-23(28(44)33(48)39-21-14-15-21)40-32(47)27-25-22(36(25,5)6)19-43(27)34(49)29(35(2,3)4)42-31(46)26(20-12-9-8-10-13-20)41-30(45)24-18-37-16-17-38-24;1-20-14(19)12(10-5-3-2-4-6-10)17-13(18)11-9-15-7-8-16-11;1-12-9(11)8(10)7-5-3-2-4-6-7;8-5(9)4-3-6-1-2-7-4;;/h16-18,20-23,25-27,29H,7-15,19H2,1-6H3,(H,39,48)(H,40,47)(H,41,45)(H,42,46);7-10,12H,2-6H2,1H3,(H,17,18);7-8H,2-6,10H2,1H3;1-3H,(H,8,9);1H4;1H/t22-,23-,25-,26-,27-,29+;12-;8-;;;/m000.../s1. The SMILES string of the molecule is C.CCC[C@H](NC(=O)[C@@H]1[C@@H]2[C@H](CN1C(=O)[C@@H](NC(=O)[C@@H](NC(=O)c1cnccn1)C1CCCCC1)C(C)(C)C)C2(C)C)C(=O)C(=O)NC1CC1.COC(=O)[C@@H](NC(=O)c1cnccn1)C1CCCCC1.COC(=O)[C@@H]([NH3+])C1CCCCC1.O=C(O)c1cnccn1.[Cl-]. The minimum atomic E-state index is -1.05. The average molecular weight is 1310 g/mol. The Morgan fingerprint density at radius 1 is 0.641 bits per heavy atom. The topological polar surface area (TPSA) is 378 Å². The van der Waals surface area contributed by atoms with Gasteiger partial charge in [-0.2, -0.15) is 0 Å². The number of carboxylic acids is 1. The van der Waals surface area contributed by atoms with Gasteiger partial charge in [-0.1, -0.05) is 113 Å². The van der Waals surface area contributed by atoms with E-state index in [1.807, 2.05) is 27.7 Å². The fourth-order valence-corrected chi connectivity index (χ4v) is 12.7. The number of ether oxygens (including phenoxy) is 2. The van der Waals surface area contributed by atoms with Crippen LogP contribution in [0, 0.1) is 40.4 Å². The first-order valence-electron chi connectivity index (χ1n) is 31.8. The van der Waals surface area contributed by atoms with Crippen LogP contribution in [0.2, 0.25) is 0 Å². The molecule has 8 atom stereocenters. The molecule has 5 saturated carbocycles. The molecule has 9 N–H and O–H groups in total. The second kappa shape index (κ2) is 36.6. The van der Waals surface area contributed by atoms with Crippen molar-refractivity contribution in [1.82, 2.24) is 61.4 Å². The van der Waals surface area contributed by atoms with Crippen LogP contribution in [0.5, 0.6) is 0 Å². The minimum Gasteiger partial charge on any atom is -1.00 e. The number of aromatic nitrogens is 6. The van der Waals surface area contributed by atoms with Crippen molar-refractivity contribution < 1.29 is 80.7 Å². The number of rotatable bonds is 20. The summed E-state index contributed by atoms with van der Waals surface area (Å²) in [6, 6.07) is -4.49. The maximum absolute atomic E-state index is 14.5. The molecule has 6 amide bonds. The van der Waals surface area contributed by atoms with Crippen LogP contribution < -0.4 is 44.7 Å². The van der Waals surface area contributed by atoms with Crippen molar-refractivity contribution in [3.05, 3.63) is 72.9 Å². The van der Waals surface area contributed by atoms with Crippen LogP contribution in [0.25, 0.3) is 0 Å². The number of carbonyl (C=O) groups excluding carboxylic acids is 9. The number of methoxy groups -OCH3 is 2. The number of Topliss-reactive ketones (excluding diaryl/α,β-unsaturated/α-hetero) is 1. The number of halogens is 1. The van der Waals surface area contributed by atoms with Gasteiger partial charge in [-0.25, -0.2) is 29.3 Å². The van der Waals surface area contributed by atoms with E-state index in [9.17, 15) is 47.9 Å². The summed E-state index contributed by atoms with van der Waals surface area (Å²) >= 11 is 0. The third-order valence-corrected chi connectivity index (χ3v) is 18.2. The summed E-state index contributed by atoms with van der Waals surface area (Å²) in [7, 11) is 2.77. The van der Waals surface area contributed by atoms with E-state index in [0.29, 0.717) is 25.3 Å². The molecule has 6 fully saturated rings. The summed E-state index contributed by atoms with van der Waals surface area (Å²) < 4.78 is 9.48. The Bertz CT molecular complexity index is 2900. The molecule has 9 rings (SSSR count).